The van der Waals surface area contributed by atoms with Gasteiger partial charge in [0, 0.05) is 5.92 Å². The van der Waals surface area contributed by atoms with Crippen molar-refractivity contribution in [3.05, 3.63) is 12.7 Å². The molecule has 0 rings (SSSR count). The lowest BCUT2D eigenvalue weighted by atomic mass is 9.79. The molecule has 0 fully saturated rings. The molecule has 0 bridgehead atoms. The fourth-order valence-electron chi connectivity index (χ4n) is 1.10. The lowest BCUT2D eigenvalue weighted by Gasteiger charge is -2.33. The molecule has 0 aromatic heterocycles. The maximum absolute atomic E-state index is 9.98. The van der Waals surface area contributed by atoms with E-state index in [4.69, 9.17) is 0 Å². The number of aliphatic hydroxyl groups is 1. The molecule has 11 heavy (non-hydrogen) atoms. The highest BCUT2D eigenvalue weighted by Gasteiger charge is 2.31. The van der Waals surface area contributed by atoms with Gasteiger partial charge in [-0.05, 0) is 12.8 Å². The van der Waals surface area contributed by atoms with Crippen molar-refractivity contribution in [3.63, 3.8) is 0 Å². The molecule has 0 amide bonds. The molecule has 1 heteroatoms. The zero-order chi connectivity index (χ0) is 9.07. The van der Waals surface area contributed by atoms with Crippen molar-refractivity contribution in [3.8, 4) is 0 Å². The Morgan fingerprint density at radius 3 is 2.27 bits per heavy atom. The Kier molecular flexibility index (Phi) is 3.81. The molecule has 0 radical (unpaired) electrons. The summed E-state index contributed by atoms with van der Waals surface area (Å²) in [5.74, 6) is 0.493. The molecule has 1 nitrogen and oxygen atoms in total. The molecule has 1 N–H and O–H groups in total. The Morgan fingerprint density at radius 1 is 1.55 bits per heavy atom. The van der Waals surface area contributed by atoms with Gasteiger partial charge in [-0.1, -0.05) is 33.3 Å². The summed E-state index contributed by atoms with van der Waals surface area (Å²) in [6.07, 6.45) is 2.82. The van der Waals surface area contributed by atoms with Crippen molar-refractivity contribution in [2.45, 2.75) is 39.7 Å². The lowest BCUT2D eigenvalue weighted by Crippen LogP contribution is -2.38. The van der Waals surface area contributed by atoms with Gasteiger partial charge in [0.1, 0.15) is 0 Å². The monoisotopic (exact) mass is 156 g/mol. The number of hydrogen-bond donors (Lipinski definition) is 1. The quantitative estimate of drug-likeness (QED) is 0.620. The van der Waals surface area contributed by atoms with Crippen molar-refractivity contribution in [1.29, 1.82) is 0 Å². The van der Waals surface area contributed by atoms with E-state index in [1.54, 1.807) is 0 Å². The van der Waals surface area contributed by atoms with Crippen molar-refractivity contribution in [2.24, 2.45) is 11.8 Å². The van der Waals surface area contributed by atoms with Crippen molar-refractivity contribution in [1.82, 2.24) is 0 Å². The second kappa shape index (κ2) is 3.91. The van der Waals surface area contributed by atoms with E-state index in [9.17, 15) is 5.11 Å². The maximum atomic E-state index is 9.98. The summed E-state index contributed by atoms with van der Waals surface area (Å²) in [7, 11) is 0. The first-order valence-electron chi connectivity index (χ1n) is 4.31. The van der Waals surface area contributed by atoms with Crippen LogP contribution in [0.15, 0.2) is 12.7 Å². The van der Waals surface area contributed by atoms with Crippen LogP contribution in [0.3, 0.4) is 0 Å². The molecule has 0 aromatic rings. The SMILES string of the molecule is C=C[C@@H](C)[C@@](C)(O)[C@H](C)CC. The van der Waals surface area contributed by atoms with Crippen LogP contribution in [-0.2, 0) is 0 Å². The van der Waals surface area contributed by atoms with Gasteiger partial charge in [-0.3, -0.25) is 0 Å². The number of rotatable bonds is 4. The third-order valence-corrected chi connectivity index (χ3v) is 2.89. The predicted molar refractivity (Wildman–Crippen MR) is 49.4 cm³/mol. The molecule has 0 aliphatic heterocycles. The zero-order valence-electron chi connectivity index (χ0n) is 8.09. The summed E-state index contributed by atoms with van der Waals surface area (Å²) < 4.78 is 0. The normalized spacial score (nSPS) is 21.9. The topological polar surface area (TPSA) is 20.2 Å². The molecular formula is C10H20O. The van der Waals surface area contributed by atoms with Gasteiger partial charge < -0.3 is 5.11 Å². The molecular weight excluding hydrogens is 136 g/mol. The van der Waals surface area contributed by atoms with Crippen molar-refractivity contribution in [2.75, 3.05) is 0 Å². The van der Waals surface area contributed by atoms with Gasteiger partial charge >= 0.3 is 0 Å². The first-order valence-corrected chi connectivity index (χ1v) is 4.31. The average Bonchev–Trinajstić information content (AvgIpc) is 2.01. The van der Waals surface area contributed by atoms with Crippen LogP contribution < -0.4 is 0 Å². The third kappa shape index (κ3) is 2.33. The summed E-state index contributed by atoms with van der Waals surface area (Å²) in [6, 6.07) is 0. The molecule has 0 aliphatic carbocycles. The van der Waals surface area contributed by atoms with Crippen LogP contribution in [0.2, 0.25) is 0 Å². The summed E-state index contributed by atoms with van der Waals surface area (Å²) in [5.41, 5.74) is -0.601. The van der Waals surface area contributed by atoms with Gasteiger partial charge in [-0.25, -0.2) is 0 Å². The standard InChI is InChI=1S/C10H20O/c1-6-8(3)10(5,11)9(4)7-2/h6,8-9,11H,1,7H2,2-5H3/t8-,9-,10-/m1/s1. The Bertz CT molecular complexity index is 127. The smallest absolute Gasteiger partial charge is 0.0704 e. The van der Waals surface area contributed by atoms with Gasteiger partial charge in [0.25, 0.3) is 0 Å². The first-order chi connectivity index (χ1) is 4.96. The van der Waals surface area contributed by atoms with E-state index in [2.05, 4.69) is 20.4 Å². The Hall–Kier alpha value is -0.300. The van der Waals surface area contributed by atoms with Crippen LogP contribution >= 0.6 is 0 Å². The summed E-state index contributed by atoms with van der Waals surface area (Å²) in [4.78, 5) is 0. The molecule has 3 atom stereocenters. The minimum Gasteiger partial charge on any atom is -0.389 e. The summed E-state index contributed by atoms with van der Waals surface area (Å²) in [6.45, 7) is 11.7. The molecule has 0 saturated heterocycles. The second-order valence-electron chi connectivity index (χ2n) is 3.56. The van der Waals surface area contributed by atoms with E-state index < -0.39 is 5.60 Å². The van der Waals surface area contributed by atoms with Crippen molar-refractivity contribution < 1.29 is 5.11 Å². The first kappa shape index (κ1) is 10.7. The van der Waals surface area contributed by atoms with Crippen LogP contribution in [0.5, 0.6) is 0 Å². The van der Waals surface area contributed by atoms with Crippen molar-refractivity contribution >= 4 is 0 Å². The molecule has 0 spiro atoms. The fourth-order valence-corrected chi connectivity index (χ4v) is 1.10. The van der Waals surface area contributed by atoms with E-state index in [0.29, 0.717) is 5.92 Å². The van der Waals surface area contributed by atoms with E-state index in [1.807, 2.05) is 19.9 Å². The minimum atomic E-state index is -0.601. The van der Waals surface area contributed by atoms with Gasteiger partial charge in [0.05, 0.1) is 5.60 Å². The molecule has 0 heterocycles. The van der Waals surface area contributed by atoms with Crippen LogP contribution in [0, 0.1) is 11.8 Å². The molecule has 66 valence electrons. The highest BCUT2D eigenvalue weighted by Crippen LogP contribution is 2.28. The van der Waals surface area contributed by atoms with E-state index >= 15 is 0 Å². The highest BCUT2D eigenvalue weighted by atomic mass is 16.3. The van der Waals surface area contributed by atoms with Crippen LogP contribution in [0.4, 0.5) is 0 Å². The zero-order valence-corrected chi connectivity index (χ0v) is 8.09. The molecule has 0 unspecified atom stereocenters. The van der Waals surface area contributed by atoms with E-state index in [-0.39, 0.29) is 5.92 Å². The molecule has 0 saturated carbocycles. The van der Waals surface area contributed by atoms with Crippen LogP contribution in [0.1, 0.15) is 34.1 Å². The Labute approximate surface area is 70.1 Å². The predicted octanol–water partition coefficient (Wildman–Crippen LogP) is 2.61. The number of hydrogen-bond acceptors (Lipinski definition) is 1. The van der Waals surface area contributed by atoms with E-state index in [1.165, 1.54) is 0 Å². The van der Waals surface area contributed by atoms with Crippen LogP contribution in [-0.4, -0.2) is 10.7 Å². The third-order valence-electron chi connectivity index (χ3n) is 2.89. The maximum Gasteiger partial charge on any atom is 0.0704 e. The lowest BCUT2D eigenvalue weighted by molar-refractivity contribution is -0.0269. The summed E-state index contributed by atoms with van der Waals surface area (Å²) in [5, 5.41) is 9.98. The van der Waals surface area contributed by atoms with E-state index in [0.717, 1.165) is 6.42 Å². The Morgan fingerprint density at radius 2 is 2.00 bits per heavy atom. The largest absolute Gasteiger partial charge is 0.389 e. The average molecular weight is 156 g/mol. The molecule has 0 aromatic carbocycles. The minimum absolute atomic E-state index is 0.164. The van der Waals surface area contributed by atoms with Gasteiger partial charge in [-0.2, -0.15) is 0 Å². The highest BCUT2D eigenvalue weighted by molar-refractivity contribution is 4.92. The Balaban J connectivity index is 4.29. The van der Waals surface area contributed by atoms with Gasteiger partial charge in [0.15, 0.2) is 0 Å². The summed E-state index contributed by atoms with van der Waals surface area (Å²) >= 11 is 0. The fraction of sp³-hybridized carbons (Fsp3) is 0.800. The van der Waals surface area contributed by atoms with Gasteiger partial charge in [0.2, 0.25) is 0 Å². The van der Waals surface area contributed by atoms with Gasteiger partial charge in [-0.15, -0.1) is 6.58 Å². The second-order valence-corrected chi connectivity index (χ2v) is 3.56. The van der Waals surface area contributed by atoms with Crippen LogP contribution in [0.25, 0.3) is 0 Å². The molecule has 0 aliphatic rings.